The van der Waals surface area contributed by atoms with Crippen molar-refractivity contribution in [2.45, 2.75) is 12.8 Å². The van der Waals surface area contributed by atoms with Gasteiger partial charge in [0, 0.05) is 24.6 Å². The van der Waals surface area contributed by atoms with Crippen molar-refractivity contribution in [3.05, 3.63) is 0 Å². The Balaban J connectivity index is 0.000000120. The lowest BCUT2D eigenvalue weighted by molar-refractivity contribution is -0.312. The van der Waals surface area contributed by atoms with Crippen molar-refractivity contribution in [3.8, 4) is 0 Å². The van der Waals surface area contributed by atoms with E-state index >= 15 is 0 Å². The minimum absolute atomic E-state index is 0.778. The summed E-state index contributed by atoms with van der Waals surface area (Å²) in [6.07, 6.45) is 2.31. The SMILES string of the molecule is C1CCOOC1.C1CSCCN1. The highest BCUT2D eigenvalue weighted by atomic mass is 32.2. The summed E-state index contributed by atoms with van der Waals surface area (Å²) in [7, 11) is 0. The molecule has 0 saturated carbocycles. The maximum Gasteiger partial charge on any atom is 0.0823 e. The number of thioether (sulfide) groups is 1. The lowest BCUT2D eigenvalue weighted by atomic mass is 10.3. The van der Waals surface area contributed by atoms with Gasteiger partial charge in [-0.3, -0.25) is 0 Å². The second-order valence-electron chi connectivity index (χ2n) is 2.71. The van der Waals surface area contributed by atoms with Crippen molar-refractivity contribution in [1.29, 1.82) is 0 Å². The molecule has 0 aliphatic carbocycles. The van der Waals surface area contributed by atoms with Crippen molar-refractivity contribution in [3.63, 3.8) is 0 Å². The van der Waals surface area contributed by atoms with E-state index in [1.165, 1.54) is 24.6 Å². The molecule has 0 atom stereocenters. The van der Waals surface area contributed by atoms with E-state index in [1.54, 1.807) is 0 Å². The van der Waals surface area contributed by atoms with Gasteiger partial charge in [0.05, 0.1) is 13.2 Å². The molecule has 0 aromatic heterocycles. The molecule has 2 heterocycles. The molecule has 3 nitrogen and oxygen atoms in total. The van der Waals surface area contributed by atoms with Gasteiger partial charge in [-0.2, -0.15) is 11.8 Å². The Morgan fingerprint density at radius 2 is 1.50 bits per heavy atom. The molecule has 0 amide bonds. The highest BCUT2D eigenvalue weighted by molar-refractivity contribution is 7.99. The van der Waals surface area contributed by atoms with E-state index in [1.807, 2.05) is 11.8 Å². The average molecular weight is 191 g/mol. The molecule has 2 fully saturated rings. The fraction of sp³-hybridized carbons (Fsp3) is 1.00. The first-order valence-corrected chi connectivity index (χ1v) is 5.68. The molecule has 4 heteroatoms. The van der Waals surface area contributed by atoms with Gasteiger partial charge in [-0.15, -0.1) is 0 Å². The summed E-state index contributed by atoms with van der Waals surface area (Å²) in [6, 6.07) is 0. The van der Waals surface area contributed by atoms with Crippen molar-refractivity contribution in [2.24, 2.45) is 0 Å². The van der Waals surface area contributed by atoms with Crippen molar-refractivity contribution >= 4 is 11.8 Å². The van der Waals surface area contributed by atoms with Gasteiger partial charge in [-0.05, 0) is 12.8 Å². The predicted octanol–water partition coefficient (Wildman–Crippen LogP) is 1.05. The van der Waals surface area contributed by atoms with Crippen molar-refractivity contribution in [2.75, 3.05) is 37.8 Å². The maximum atomic E-state index is 4.57. The lowest BCUT2D eigenvalue weighted by Crippen LogP contribution is -2.24. The van der Waals surface area contributed by atoms with Crippen LogP contribution in [0, 0.1) is 0 Å². The maximum absolute atomic E-state index is 4.57. The zero-order valence-corrected chi connectivity index (χ0v) is 8.20. The Kier molecular flexibility index (Phi) is 6.75. The third-order valence-corrected chi connectivity index (χ3v) is 2.62. The highest BCUT2D eigenvalue weighted by Crippen LogP contribution is 1.99. The molecule has 0 unspecified atom stereocenters. The summed E-state index contributed by atoms with van der Waals surface area (Å²) in [5.74, 6) is 2.61. The van der Waals surface area contributed by atoms with E-state index in [0.717, 1.165) is 26.1 Å². The summed E-state index contributed by atoms with van der Waals surface area (Å²) >= 11 is 2.03. The molecular weight excluding hydrogens is 174 g/mol. The van der Waals surface area contributed by atoms with Gasteiger partial charge < -0.3 is 5.32 Å². The normalized spacial score (nSPS) is 24.0. The summed E-state index contributed by atoms with van der Waals surface area (Å²) in [4.78, 5) is 9.14. The van der Waals surface area contributed by atoms with Crippen LogP contribution in [-0.2, 0) is 9.78 Å². The minimum Gasteiger partial charge on any atom is -0.315 e. The molecule has 2 saturated heterocycles. The molecule has 0 bridgehead atoms. The number of hydrogen-bond acceptors (Lipinski definition) is 4. The fourth-order valence-corrected chi connectivity index (χ4v) is 1.74. The Morgan fingerprint density at radius 3 is 1.67 bits per heavy atom. The van der Waals surface area contributed by atoms with Crippen LogP contribution in [0.1, 0.15) is 12.8 Å². The smallest absolute Gasteiger partial charge is 0.0823 e. The van der Waals surface area contributed by atoms with Crippen LogP contribution >= 0.6 is 11.8 Å². The molecule has 0 radical (unpaired) electrons. The van der Waals surface area contributed by atoms with E-state index < -0.39 is 0 Å². The molecule has 0 aromatic rings. The number of hydrogen-bond donors (Lipinski definition) is 1. The molecule has 2 aliphatic rings. The zero-order chi connectivity index (χ0) is 8.49. The van der Waals surface area contributed by atoms with E-state index in [0.29, 0.717) is 0 Å². The third-order valence-electron chi connectivity index (χ3n) is 1.64. The quantitative estimate of drug-likeness (QED) is 0.580. The minimum atomic E-state index is 0.778. The highest BCUT2D eigenvalue weighted by Gasteiger charge is 1.96. The monoisotopic (exact) mass is 191 g/mol. The lowest BCUT2D eigenvalue weighted by Gasteiger charge is -2.08. The summed E-state index contributed by atoms with van der Waals surface area (Å²) < 4.78 is 0. The van der Waals surface area contributed by atoms with Crippen molar-refractivity contribution < 1.29 is 9.78 Å². The van der Waals surface area contributed by atoms with E-state index in [2.05, 4.69) is 15.1 Å². The van der Waals surface area contributed by atoms with Crippen LogP contribution in [0.15, 0.2) is 0 Å². The first kappa shape index (κ1) is 10.3. The van der Waals surface area contributed by atoms with Gasteiger partial charge in [0.1, 0.15) is 0 Å². The Hall–Kier alpha value is 0.230. The number of nitrogens with one attached hydrogen (secondary N) is 1. The van der Waals surface area contributed by atoms with Crippen LogP contribution in [0.3, 0.4) is 0 Å². The Labute approximate surface area is 78.1 Å². The average Bonchev–Trinajstić information content (AvgIpc) is 2.24. The molecule has 2 aliphatic heterocycles. The molecule has 1 N–H and O–H groups in total. The van der Waals surface area contributed by atoms with Crippen molar-refractivity contribution in [1.82, 2.24) is 5.32 Å². The first-order chi connectivity index (χ1) is 6.00. The fourth-order valence-electron chi connectivity index (χ4n) is 0.956. The van der Waals surface area contributed by atoms with E-state index in [-0.39, 0.29) is 0 Å². The van der Waals surface area contributed by atoms with Crippen LogP contribution in [-0.4, -0.2) is 37.8 Å². The summed E-state index contributed by atoms with van der Waals surface area (Å²) in [6.45, 7) is 3.98. The molecular formula is C8H17NO2S. The van der Waals surface area contributed by atoms with Crippen LogP contribution in [0.4, 0.5) is 0 Å². The van der Waals surface area contributed by atoms with E-state index in [9.17, 15) is 0 Å². The molecule has 0 spiro atoms. The Morgan fingerprint density at radius 1 is 0.917 bits per heavy atom. The van der Waals surface area contributed by atoms with Gasteiger partial charge in [0.15, 0.2) is 0 Å². The van der Waals surface area contributed by atoms with Gasteiger partial charge in [-0.25, -0.2) is 9.78 Å². The molecule has 2 rings (SSSR count). The second kappa shape index (κ2) is 7.86. The second-order valence-corrected chi connectivity index (χ2v) is 3.94. The summed E-state index contributed by atoms with van der Waals surface area (Å²) in [5, 5.41) is 3.26. The summed E-state index contributed by atoms with van der Waals surface area (Å²) in [5.41, 5.74) is 0. The van der Waals surface area contributed by atoms with Gasteiger partial charge in [-0.1, -0.05) is 0 Å². The van der Waals surface area contributed by atoms with Crippen LogP contribution in [0.2, 0.25) is 0 Å². The molecule has 12 heavy (non-hydrogen) atoms. The molecule has 0 aromatic carbocycles. The predicted molar refractivity (Wildman–Crippen MR) is 51.3 cm³/mol. The Bertz CT molecular complexity index is 60.0. The number of rotatable bonds is 0. The van der Waals surface area contributed by atoms with Gasteiger partial charge >= 0.3 is 0 Å². The van der Waals surface area contributed by atoms with Crippen LogP contribution in [0.5, 0.6) is 0 Å². The van der Waals surface area contributed by atoms with Gasteiger partial charge in [0.25, 0.3) is 0 Å². The van der Waals surface area contributed by atoms with Crippen LogP contribution in [0.25, 0.3) is 0 Å². The standard InChI is InChI=1S/C4H9NS.C4H8O2/c1-3-6-4-2-5-1;1-2-4-6-5-3-1/h5H,1-4H2;1-4H2. The topological polar surface area (TPSA) is 30.5 Å². The zero-order valence-electron chi connectivity index (χ0n) is 7.38. The van der Waals surface area contributed by atoms with E-state index in [4.69, 9.17) is 0 Å². The first-order valence-electron chi connectivity index (χ1n) is 4.53. The largest absolute Gasteiger partial charge is 0.315 e. The van der Waals surface area contributed by atoms with Gasteiger partial charge in [0.2, 0.25) is 0 Å². The third kappa shape index (κ3) is 5.83. The van der Waals surface area contributed by atoms with Crippen LogP contribution < -0.4 is 5.32 Å². The molecule has 72 valence electrons.